The third-order valence-corrected chi connectivity index (χ3v) is 4.28. The van der Waals surface area contributed by atoms with E-state index in [2.05, 4.69) is 6.92 Å². The lowest BCUT2D eigenvalue weighted by molar-refractivity contribution is 0.160. The van der Waals surface area contributed by atoms with Gasteiger partial charge in [-0.1, -0.05) is 31.0 Å². The molecular weight excluding hydrogens is 280 g/mol. The number of rotatable bonds is 3. The van der Waals surface area contributed by atoms with Gasteiger partial charge in [0, 0.05) is 19.1 Å². The normalized spacial score (nSPS) is 22.2. The Labute approximate surface area is 120 Å². The Bertz CT molecular complexity index is 485. The van der Waals surface area contributed by atoms with Crippen molar-refractivity contribution in [3.63, 3.8) is 0 Å². The molecule has 0 radical (unpaired) electrons. The second-order valence-electron chi connectivity index (χ2n) is 4.94. The smallest absolute Gasteiger partial charge is 0.294 e. The summed E-state index contributed by atoms with van der Waals surface area (Å²) in [5.74, 6) is 1.02. The molecule has 1 heterocycles. The molecule has 5 nitrogen and oxygen atoms in total. The van der Waals surface area contributed by atoms with E-state index >= 15 is 0 Å². The third kappa shape index (κ3) is 5.20. The van der Waals surface area contributed by atoms with Gasteiger partial charge in [0.25, 0.3) is 10.1 Å². The van der Waals surface area contributed by atoms with E-state index < -0.39 is 10.1 Å². The van der Waals surface area contributed by atoms with Crippen LogP contribution in [0, 0.1) is 18.8 Å². The van der Waals surface area contributed by atoms with Gasteiger partial charge in [-0.2, -0.15) is 8.42 Å². The lowest BCUT2D eigenvalue weighted by atomic mass is 9.95. The fourth-order valence-corrected chi connectivity index (χ4v) is 2.49. The first-order valence-electron chi connectivity index (χ1n) is 6.61. The standard InChI is InChI=1S/C7H8O3S.C7H14O2/c1-6-2-4-7(5-3-6)11(8,9)10;1-2-6-4-9-5-7(6)3-8/h2-5H,1H3,(H,8,9,10);6-8H,2-5H2,1H3. The maximum Gasteiger partial charge on any atom is 0.294 e. The lowest BCUT2D eigenvalue weighted by Crippen LogP contribution is -2.14. The number of hydrogen-bond donors (Lipinski definition) is 2. The van der Waals surface area contributed by atoms with Gasteiger partial charge < -0.3 is 9.84 Å². The van der Waals surface area contributed by atoms with Crippen molar-refractivity contribution < 1.29 is 22.8 Å². The SMILES string of the molecule is CCC1COCC1CO.Cc1ccc(S(=O)(=O)O)cc1. The Morgan fingerprint density at radius 2 is 1.75 bits per heavy atom. The number of ether oxygens (including phenoxy) is 1. The molecule has 2 N–H and O–H groups in total. The van der Waals surface area contributed by atoms with Crippen LogP contribution in [0.3, 0.4) is 0 Å². The summed E-state index contributed by atoms with van der Waals surface area (Å²) < 4.78 is 34.7. The van der Waals surface area contributed by atoms with E-state index in [9.17, 15) is 8.42 Å². The molecule has 20 heavy (non-hydrogen) atoms. The van der Waals surface area contributed by atoms with E-state index in [1.807, 2.05) is 6.92 Å². The van der Waals surface area contributed by atoms with E-state index in [1.54, 1.807) is 12.1 Å². The Kier molecular flexibility index (Phi) is 6.61. The first kappa shape index (κ1) is 17.1. The second-order valence-corrected chi connectivity index (χ2v) is 6.36. The molecule has 0 aromatic heterocycles. The predicted molar refractivity (Wildman–Crippen MR) is 76.2 cm³/mol. The molecule has 6 heteroatoms. The number of aliphatic hydroxyl groups is 1. The Morgan fingerprint density at radius 1 is 1.20 bits per heavy atom. The zero-order chi connectivity index (χ0) is 15.2. The minimum Gasteiger partial charge on any atom is -0.396 e. The van der Waals surface area contributed by atoms with Gasteiger partial charge in [0.15, 0.2) is 0 Å². The van der Waals surface area contributed by atoms with E-state index in [0.717, 1.165) is 25.2 Å². The Morgan fingerprint density at radius 3 is 2.15 bits per heavy atom. The summed E-state index contributed by atoms with van der Waals surface area (Å²) in [6, 6.07) is 5.99. The minimum absolute atomic E-state index is 0.0666. The molecule has 1 saturated heterocycles. The molecule has 1 aliphatic heterocycles. The number of hydrogen-bond acceptors (Lipinski definition) is 4. The van der Waals surface area contributed by atoms with Gasteiger partial charge in [-0.25, -0.2) is 0 Å². The first-order chi connectivity index (χ1) is 9.38. The molecule has 2 rings (SSSR count). The van der Waals surface area contributed by atoms with Crippen molar-refractivity contribution in [2.24, 2.45) is 11.8 Å². The van der Waals surface area contributed by atoms with Crippen LogP contribution in [0.1, 0.15) is 18.9 Å². The molecule has 2 atom stereocenters. The predicted octanol–water partition coefficient (Wildman–Crippen LogP) is 1.89. The second kappa shape index (κ2) is 7.73. The highest BCUT2D eigenvalue weighted by molar-refractivity contribution is 7.85. The lowest BCUT2D eigenvalue weighted by Gasteiger charge is -2.10. The summed E-state index contributed by atoms with van der Waals surface area (Å²) >= 11 is 0. The molecule has 2 unspecified atom stereocenters. The molecule has 0 spiro atoms. The van der Waals surface area contributed by atoms with Crippen molar-refractivity contribution in [1.82, 2.24) is 0 Å². The number of aryl methyl sites for hydroxylation is 1. The average molecular weight is 302 g/mol. The van der Waals surface area contributed by atoms with Crippen molar-refractivity contribution in [2.45, 2.75) is 25.2 Å². The monoisotopic (exact) mass is 302 g/mol. The molecule has 1 fully saturated rings. The fourth-order valence-electron chi connectivity index (χ4n) is 2.01. The van der Waals surface area contributed by atoms with E-state index in [1.165, 1.54) is 12.1 Å². The minimum atomic E-state index is -4.02. The van der Waals surface area contributed by atoms with Crippen LogP contribution in [-0.2, 0) is 14.9 Å². The zero-order valence-electron chi connectivity index (χ0n) is 11.8. The van der Waals surface area contributed by atoms with Crippen LogP contribution < -0.4 is 0 Å². The van der Waals surface area contributed by atoms with Gasteiger partial charge >= 0.3 is 0 Å². The molecule has 1 aromatic rings. The van der Waals surface area contributed by atoms with Gasteiger partial charge in [-0.3, -0.25) is 4.55 Å². The van der Waals surface area contributed by atoms with Crippen molar-refractivity contribution in [3.8, 4) is 0 Å². The number of benzene rings is 1. The topological polar surface area (TPSA) is 83.8 Å². The summed E-state index contributed by atoms with van der Waals surface area (Å²) in [7, 11) is -4.02. The van der Waals surface area contributed by atoms with Crippen LogP contribution in [0.2, 0.25) is 0 Å². The van der Waals surface area contributed by atoms with Crippen LogP contribution in [0.5, 0.6) is 0 Å². The van der Waals surface area contributed by atoms with Gasteiger partial charge in [0.05, 0.1) is 11.5 Å². The van der Waals surface area contributed by atoms with Gasteiger partial charge in [-0.05, 0) is 25.0 Å². The van der Waals surface area contributed by atoms with Crippen LogP contribution in [0.4, 0.5) is 0 Å². The number of aliphatic hydroxyl groups excluding tert-OH is 1. The van der Waals surface area contributed by atoms with Crippen LogP contribution in [0.25, 0.3) is 0 Å². The van der Waals surface area contributed by atoms with Crippen LogP contribution in [0.15, 0.2) is 29.2 Å². The van der Waals surface area contributed by atoms with Crippen molar-refractivity contribution in [1.29, 1.82) is 0 Å². The third-order valence-electron chi connectivity index (χ3n) is 3.41. The maximum absolute atomic E-state index is 10.5. The van der Waals surface area contributed by atoms with Gasteiger partial charge in [0.1, 0.15) is 0 Å². The quantitative estimate of drug-likeness (QED) is 0.833. The molecular formula is C14H22O5S. The van der Waals surface area contributed by atoms with Crippen molar-refractivity contribution in [2.75, 3.05) is 19.8 Å². The average Bonchev–Trinajstić information content (AvgIpc) is 2.86. The van der Waals surface area contributed by atoms with E-state index in [0.29, 0.717) is 18.4 Å². The van der Waals surface area contributed by atoms with Crippen molar-refractivity contribution >= 4 is 10.1 Å². The maximum atomic E-state index is 10.5. The molecule has 0 saturated carbocycles. The molecule has 0 aliphatic carbocycles. The molecule has 0 bridgehead atoms. The van der Waals surface area contributed by atoms with Crippen molar-refractivity contribution in [3.05, 3.63) is 29.8 Å². The molecule has 1 aromatic carbocycles. The Hall–Kier alpha value is -0.950. The molecule has 0 amide bonds. The highest BCUT2D eigenvalue weighted by atomic mass is 32.2. The fraction of sp³-hybridized carbons (Fsp3) is 0.571. The van der Waals surface area contributed by atoms with Crippen LogP contribution >= 0.6 is 0 Å². The zero-order valence-corrected chi connectivity index (χ0v) is 12.6. The van der Waals surface area contributed by atoms with Crippen LogP contribution in [-0.4, -0.2) is 37.9 Å². The Balaban J connectivity index is 0.000000204. The van der Waals surface area contributed by atoms with E-state index in [-0.39, 0.29) is 4.90 Å². The first-order valence-corrected chi connectivity index (χ1v) is 8.05. The molecule has 114 valence electrons. The highest BCUT2D eigenvalue weighted by Gasteiger charge is 2.25. The summed E-state index contributed by atoms with van der Waals surface area (Å²) in [4.78, 5) is -0.0666. The molecule has 1 aliphatic rings. The summed E-state index contributed by atoms with van der Waals surface area (Å²) in [6.07, 6.45) is 1.13. The summed E-state index contributed by atoms with van der Waals surface area (Å²) in [5, 5.41) is 8.79. The highest BCUT2D eigenvalue weighted by Crippen LogP contribution is 2.22. The van der Waals surface area contributed by atoms with Gasteiger partial charge in [-0.15, -0.1) is 0 Å². The summed E-state index contributed by atoms with van der Waals surface area (Å²) in [6.45, 7) is 5.88. The largest absolute Gasteiger partial charge is 0.396 e. The summed E-state index contributed by atoms with van der Waals surface area (Å²) in [5.41, 5.74) is 0.956. The van der Waals surface area contributed by atoms with E-state index in [4.69, 9.17) is 14.4 Å². The van der Waals surface area contributed by atoms with Gasteiger partial charge in [0.2, 0.25) is 0 Å².